The van der Waals surface area contributed by atoms with Crippen LogP contribution in [0.3, 0.4) is 0 Å². The van der Waals surface area contributed by atoms with Crippen LogP contribution < -0.4 is 4.74 Å². The quantitative estimate of drug-likeness (QED) is 0.784. The van der Waals surface area contributed by atoms with Crippen LogP contribution in [0.1, 0.15) is 21.8 Å². The van der Waals surface area contributed by atoms with E-state index in [0.717, 1.165) is 0 Å². The number of hydrogen-bond acceptors (Lipinski definition) is 3. The van der Waals surface area contributed by atoms with E-state index in [4.69, 9.17) is 4.74 Å². The predicted octanol–water partition coefficient (Wildman–Crippen LogP) is 3.19. The van der Waals surface area contributed by atoms with E-state index in [1.165, 1.54) is 0 Å². The first-order valence-corrected chi connectivity index (χ1v) is 5.89. The van der Waals surface area contributed by atoms with Crippen molar-refractivity contribution in [1.29, 1.82) is 5.26 Å². The maximum absolute atomic E-state index is 12.3. The number of nitrogens with zero attached hydrogens (tertiary/aromatic N) is 1. The number of methoxy groups -OCH3 is 1. The molecule has 0 amide bonds. The van der Waals surface area contributed by atoms with Gasteiger partial charge in [0.25, 0.3) is 0 Å². The Balaban J connectivity index is 2.35. The summed E-state index contributed by atoms with van der Waals surface area (Å²) in [5, 5.41) is 9.26. The molecule has 19 heavy (non-hydrogen) atoms. The second kappa shape index (κ2) is 5.83. The molecule has 1 atom stereocenters. The molecule has 0 aromatic heterocycles. The molecule has 3 nitrogen and oxygen atoms in total. The van der Waals surface area contributed by atoms with E-state index in [2.05, 4.69) is 6.07 Å². The number of ketones is 1. The molecule has 0 N–H and O–H groups in total. The van der Waals surface area contributed by atoms with Crippen molar-refractivity contribution in [2.24, 2.45) is 0 Å². The van der Waals surface area contributed by atoms with E-state index < -0.39 is 5.92 Å². The van der Waals surface area contributed by atoms with Crippen LogP contribution in [0.2, 0.25) is 0 Å². The van der Waals surface area contributed by atoms with Crippen molar-refractivity contribution in [3.05, 3.63) is 65.7 Å². The molecule has 0 saturated carbocycles. The van der Waals surface area contributed by atoms with Gasteiger partial charge in [0.2, 0.25) is 0 Å². The summed E-state index contributed by atoms with van der Waals surface area (Å²) in [5.41, 5.74) is 1.19. The lowest BCUT2D eigenvalue weighted by Gasteiger charge is -2.10. The summed E-state index contributed by atoms with van der Waals surface area (Å²) >= 11 is 0. The molecular formula is C16H13NO2. The summed E-state index contributed by atoms with van der Waals surface area (Å²) in [6.45, 7) is 0. The Bertz CT molecular complexity index is 614. The molecule has 2 rings (SSSR count). The van der Waals surface area contributed by atoms with Gasteiger partial charge >= 0.3 is 0 Å². The normalized spacial score (nSPS) is 11.4. The van der Waals surface area contributed by atoms with E-state index in [0.29, 0.717) is 16.9 Å². The lowest BCUT2D eigenvalue weighted by atomic mass is 9.92. The van der Waals surface area contributed by atoms with Gasteiger partial charge in [-0.1, -0.05) is 42.5 Å². The first-order chi connectivity index (χ1) is 9.26. The zero-order valence-electron chi connectivity index (χ0n) is 10.5. The Morgan fingerprint density at radius 2 is 1.89 bits per heavy atom. The molecule has 94 valence electrons. The molecular weight excluding hydrogens is 238 g/mol. The molecule has 0 spiro atoms. The molecule has 1 unspecified atom stereocenters. The van der Waals surface area contributed by atoms with Crippen LogP contribution in [0.15, 0.2) is 54.6 Å². The summed E-state index contributed by atoms with van der Waals surface area (Å²) in [7, 11) is 1.56. The maximum Gasteiger partial charge on any atom is 0.184 e. The molecule has 2 aromatic carbocycles. The molecule has 0 heterocycles. The predicted molar refractivity (Wildman–Crippen MR) is 72.1 cm³/mol. The summed E-state index contributed by atoms with van der Waals surface area (Å²) in [4.78, 5) is 12.3. The second-order valence-electron chi connectivity index (χ2n) is 4.07. The van der Waals surface area contributed by atoms with Crippen molar-refractivity contribution in [2.75, 3.05) is 7.11 Å². The molecule has 0 saturated heterocycles. The SMILES string of the molecule is COc1cccc(C(C#N)C(=O)c2ccccc2)c1. The summed E-state index contributed by atoms with van der Waals surface area (Å²) in [6, 6.07) is 17.9. The van der Waals surface area contributed by atoms with Crippen molar-refractivity contribution < 1.29 is 9.53 Å². The molecule has 0 aliphatic carbocycles. The minimum absolute atomic E-state index is 0.198. The number of rotatable bonds is 4. The second-order valence-corrected chi connectivity index (χ2v) is 4.07. The minimum atomic E-state index is -0.808. The van der Waals surface area contributed by atoms with Gasteiger partial charge in [0.1, 0.15) is 11.7 Å². The number of nitriles is 1. The van der Waals surface area contributed by atoms with E-state index >= 15 is 0 Å². The Morgan fingerprint density at radius 3 is 2.53 bits per heavy atom. The molecule has 0 fully saturated rings. The third-order valence-electron chi connectivity index (χ3n) is 2.88. The first kappa shape index (κ1) is 12.8. The van der Waals surface area contributed by atoms with Crippen molar-refractivity contribution in [3.63, 3.8) is 0 Å². The van der Waals surface area contributed by atoms with Crippen molar-refractivity contribution in [2.45, 2.75) is 5.92 Å². The molecule has 0 radical (unpaired) electrons. The molecule has 0 bridgehead atoms. The van der Waals surface area contributed by atoms with Crippen LogP contribution in [0.25, 0.3) is 0 Å². The van der Waals surface area contributed by atoms with Crippen molar-refractivity contribution >= 4 is 5.78 Å². The van der Waals surface area contributed by atoms with Gasteiger partial charge < -0.3 is 4.74 Å². The lowest BCUT2D eigenvalue weighted by Crippen LogP contribution is -2.11. The standard InChI is InChI=1S/C16H13NO2/c1-19-14-9-5-8-13(10-14)15(11-17)16(18)12-6-3-2-4-7-12/h2-10,15H,1H3. The molecule has 2 aromatic rings. The van der Waals surface area contributed by atoms with Crippen LogP contribution in [0, 0.1) is 11.3 Å². The fraction of sp³-hybridized carbons (Fsp3) is 0.125. The van der Waals surface area contributed by atoms with Gasteiger partial charge in [0.05, 0.1) is 13.2 Å². The highest BCUT2D eigenvalue weighted by Gasteiger charge is 2.21. The van der Waals surface area contributed by atoms with Gasteiger partial charge in [-0.2, -0.15) is 5.26 Å². The third kappa shape index (κ3) is 2.80. The van der Waals surface area contributed by atoms with E-state index in [1.807, 2.05) is 6.07 Å². The van der Waals surface area contributed by atoms with Gasteiger partial charge in [0, 0.05) is 5.56 Å². The highest BCUT2D eigenvalue weighted by atomic mass is 16.5. The van der Waals surface area contributed by atoms with Crippen molar-refractivity contribution in [3.8, 4) is 11.8 Å². The van der Waals surface area contributed by atoms with Crippen LogP contribution in [-0.2, 0) is 0 Å². The largest absolute Gasteiger partial charge is 0.497 e. The maximum atomic E-state index is 12.3. The number of carbonyl (C=O) groups is 1. The Kier molecular flexibility index (Phi) is 3.94. The minimum Gasteiger partial charge on any atom is -0.497 e. The Morgan fingerprint density at radius 1 is 1.16 bits per heavy atom. The molecule has 3 heteroatoms. The van der Waals surface area contributed by atoms with Gasteiger partial charge in [-0.15, -0.1) is 0 Å². The average molecular weight is 251 g/mol. The first-order valence-electron chi connectivity index (χ1n) is 5.89. The van der Waals surface area contributed by atoms with E-state index in [9.17, 15) is 10.1 Å². The number of Topliss-reactive ketones (excluding diaryl/α,β-unsaturated/α-hetero) is 1. The fourth-order valence-corrected chi connectivity index (χ4v) is 1.87. The number of benzene rings is 2. The van der Waals surface area contributed by atoms with Gasteiger partial charge in [-0.05, 0) is 17.7 Å². The van der Waals surface area contributed by atoms with E-state index in [1.54, 1.807) is 55.6 Å². The summed E-state index contributed by atoms with van der Waals surface area (Å²) in [6.07, 6.45) is 0. The summed E-state index contributed by atoms with van der Waals surface area (Å²) < 4.78 is 5.11. The smallest absolute Gasteiger partial charge is 0.184 e. The zero-order valence-corrected chi connectivity index (χ0v) is 10.5. The highest BCUT2D eigenvalue weighted by Crippen LogP contribution is 2.23. The number of ether oxygens (including phenoxy) is 1. The van der Waals surface area contributed by atoms with E-state index in [-0.39, 0.29) is 5.78 Å². The van der Waals surface area contributed by atoms with Crippen LogP contribution >= 0.6 is 0 Å². The van der Waals surface area contributed by atoms with Crippen LogP contribution in [0.5, 0.6) is 5.75 Å². The zero-order chi connectivity index (χ0) is 13.7. The van der Waals surface area contributed by atoms with Crippen molar-refractivity contribution in [1.82, 2.24) is 0 Å². The molecule has 0 aliphatic rings. The van der Waals surface area contributed by atoms with Gasteiger partial charge in [-0.25, -0.2) is 0 Å². The average Bonchev–Trinajstić information content (AvgIpc) is 2.49. The highest BCUT2D eigenvalue weighted by molar-refractivity contribution is 6.02. The Hall–Kier alpha value is -2.60. The Labute approximate surface area is 112 Å². The lowest BCUT2D eigenvalue weighted by molar-refractivity contribution is 0.0979. The summed E-state index contributed by atoms with van der Waals surface area (Å²) in [5.74, 6) is -0.368. The number of hydrogen-bond donors (Lipinski definition) is 0. The van der Waals surface area contributed by atoms with Crippen LogP contribution in [-0.4, -0.2) is 12.9 Å². The van der Waals surface area contributed by atoms with Gasteiger partial charge in [-0.3, -0.25) is 4.79 Å². The van der Waals surface area contributed by atoms with Gasteiger partial charge in [0.15, 0.2) is 5.78 Å². The number of carbonyl (C=O) groups excluding carboxylic acids is 1. The third-order valence-corrected chi connectivity index (χ3v) is 2.88. The monoisotopic (exact) mass is 251 g/mol. The topological polar surface area (TPSA) is 50.1 Å². The van der Waals surface area contributed by atoms with Crippen LogP contribution in [0.4, 0.5) is 0 Å². The molecule has 0 aliphatic heterocycles. The fourth-order valence-electron chi connectivity index (χ4n) is 1.87.